The van der Waals surface area contributed by atoms with E-state index in [0.29, 0.717) is 37.0 Å². The van der Waals surface area contributed by atoms with Gasteiger partial charge in [0.2, 0.25) is 11.8 Å². The molecule has 1 aliphatic heterocycles. The number of nitrogens with one attached hydrogen (secondary N) is 3. The zero-order chi connectivity index (χ0) is 26.1. The molecule has 0 fully saturated rings. The van der Waals surface area contributed by atoms with Crippen molar-refractivity contribution in [2.45, 2.75) is 58.5 Å². The number of benzene rings is 2. The highest BCUT2D eigenvalue weighted by molar-refractivity contribution is 6.00. The van der Waals surface area contributed by atoms with E-state index in [1.807, 2.05) is 31.2 Å². The van der Waals surface area contributed by atoms with Crippen LogP contribution in [0.1, 0.15) is 44.2 Å². The summed E-state index contributed by atoms with van der Waals surface area (Å²) >= 11 is 0. The Hall–Kier alpha value is -3.88. The molecule has 2 atom stereocenters. The Balaban J connectivity index is 1.54. The Morgan fingerprint density at radius 1 is 1.08 bits per heavy atom. The number of carbonyl (C=O) groups excluding carboxylic acids is 2. The summed E-state index contributed by atoms with van der Waals surface area (Å²) < 4.78 is 5.71. The van der Waals surface area contributed by atoms with E-state index in [1.54, 1.807) is 24.3 Å². The standard InChI is InChI=1S/C27H34N4O5/c1-17(2)14-23(26-28-21(16-36-26)12-13-25(33)34)30-24(32)15-19-8-10-20(11-9-19)29-27(35)31-22-7-5-4-6-18(22)3/h4-11,17,21,23H,12-16H2,1-3H3,(H,30,32)(H,33,34)(H2,29,31,35). The van der Waals surface area contributed by atoms with Crippen molar-refractivity contribution < 1.29 is 24.2 Å². The largest absolute Gasteiger partial charge is 0.481 e. The smallest absolute Gasteiger partial charge is 0.323 e. The second-order valence-corrected chi connectivity index (χ2v) is 9.38. The van der Waals surface area contributed by atoms with Gasteiger partial charge in [-0.05, 0) is 55.0 Å². The third kappa shape index (κ3) is 8.41. The first-order chi connectivity index (χ1) is 17.2. The fraction of sp³-hybridized carbons (Fsp3) is 0.407. The summed E-state index contributed by atoms with van der Waals surface area (Å²) in [6.07, 6.45) is 1.27. The minimum absolute atomic E-state index is 0.0322. The molecule has 0 aliphatic carbocycles. The summed E-state index contributed by atoms with van der Waals surface area (Å²) in [5.41, 5.74) is 3.12. The van der Waals surface area contributed by atoms with E-state index in [2.05, 4.69) is 34.8 Å². The number of aryl methyl sites for hydroxylation is 1. The van der Waals surface area contributed by atoms with Crippen molar-refractivity contribution in [3.05, 3.63) is 59.7 Å². The Morgan fingerprint density at radius 2 is 1.81 bits per heavy atom. The van der Waals surface area contributed by atoms with Gasteiger partial charge in [0.15, 0.2) is 0 Å². The number of ether oxygens (including phenoxy) is 1. The van der Waals surface area contributed by atoms with Gasteiger partial charge in [0, 0.05) is 17.8 Å². The van der Waals surface area contributed by atoms with Gasteiger partial charge in [-0.1, -0.05) is 44.2 Å². The molecule has 3 rings (SSSR count). The summed E-state index contributed by atoms with van der Waals surface area (Å²) in [6, 6.07) is 13.7. The van der Waals surface area contributed by atoms with Gasteiger partial charge in [-0.15, -0.1) is 0 Å². The summed E-state index contributed by atoms with van der Waals surface area (Å²) in [6.45, 7) is 6.36. The Labute approximate surface area is 211 Å². The molecular weight excluding hydrogens is 460 g/mol. The Morgan fingerprint density at radius 3 is 2.47 bits per heavy atom. The quantitative estimate of drug-likeness (QED) is 0.369. The van der Waals surface area contributed by atoms with Crippen molar-refractivity contribution >= 4 is 35.2 Å². The number of carboxylic acid groups (broad SMARTS) is 1. The summed E-state index contributed by atoms with van der Waals surface area (Å²) in [5.74, 6) is -0.264. The summed E-state index contributed by atoms with van der Waals surface area (Å²) in [7, 11) is 0. The lowest BCUT2D eigenvalue weighted by molar-refractivity contribution is -0.137. The van der Waals surface area contributed by atoms with E-state index in [4.69, 9.17) is 9.84 Å². The monoisotopic (exact) mass is 494 g/mol. The van der Waals surface area contributed by atoms with Crippen molar-refractivity contribution in [2.75, 3.05) is 17.2 Å². The van der Waals surface area contributed by atoms with Crippen LogP contribution in [-0.2, 0) is 20.7 Å². The highest BCUT2D eigenvalue weighted by atomic mass is 16.5. The molecule has 9 heteroatoms. The van der Waals surface area contributed by atoms with E-state index in [0.717, 1.165) is 16.8 Å². The number of nitrogens with zero attached hydrogens (tertiary/aromatic N) is 1. The molecule has 0 aromatic heterocycles. The lowest BCUT2D eigenvalue weighted by Gasteiger charge is -2.20. The summed E-state index contributed by atoms with van der Waals surface area (Å²) in [5, 5.41) is 17.5. The normalized spacial score (nSPS) is 15.6. The number of hydrogen-bond acceptors (Lipinski definition) is 5. The first-order valence-corrected chi connectivity index (χ1v) is 12.1. The van der Waals surface area contributed by atoms with E-state index in [1.165, 1.54) is 0 Å². The van der Waals surface area contributed by atoms with E-state index >= 15 is 0 Å². The second kappa shape index (κ2) is 12.7. The third-order valence-electron chi connectivity index (χ3n) is 5.74. The van der Waals surface area contributed by atoms with E-state index in [-0.39, 0.29) is 36.9 Å². The van der Waals surface area contributed by atoms with Gasteiger partial charge in [-0.2, -0.15) is 0 Å². The number of hydrogen-bond donors (Lipinski definition) is 4. The molecule has 4 N–H and O–H groups in total. The fourth-order valence-corrected chi connectivity index (χ4v) is 3.89. The molecule has 0 radical (unpaired) electrons. The SMILES string of the molecule is Cc1ccccc1NC(=O)Nc1ccc(CC(=O)NC(CC(C)C)C2=NC(CCC(=O)O)CO2)cc1. The van der Waals surface area contributed by atoms with Crippen LogP contribution in [0.5, 0.6) is 0 Å². The number of carboxylic acids is 1. The highest BCUT2D eigenvalue weighted by Gasteiger charge is 2.28. The number of aliphatic imine (C=N–C) groups is 1. The van der Waals surface area contributed by atoms with Crippen molar-refractivity contribution in [3.63, 3.8) is 0 Å². The number of aliphatic carboxylic acids is 1. The van der Waals surface area contributed by atoms with Crippen molar-refractivity contribution in [1.82, 2.24) is 5.32 Å². The minimum Gasteiger partial charge on any atom is -0.481 e. The lowest BCUT2D eigenvalue weighted by atomic mass is 10.0. The maximum absolute atomic E-state index is 12.8. The van der Waals surface area contributed by atoms with Gasteiger partial charge in [0.05, 0.1) is 12.5 Å². The van der Waals surface area contributed by atoms with Crippen molar-refractivity contribution in [3.8, 4) is 0 Å². The van der Waals surface area contributed by atoms with Crippen LogP contribution in [0.4, 0.5) is 16.2 Å². The highest BCUT2D eigenvalue weighted by Crippen LogP contribution is 2.18. The predicted octanol–water partition coefficient (Wildman–Crippen LogP) is 4.37. The van der Waals surface area contributed by atoms with Crippen LogP contribution in [0.3, 0.4) is 0 Å². The molecule has 0 spiro atoms. The van der Waals surface area contributed by atoms with Crippen LogP contribution in [-0.4, -0.2) is 47.6 Å². The van der Waals surface area contributed by atoms with Crippen molar-refractivity contribution in [1.29, 1.82) is 0 Å². The molecule has 192 valence electrons. The van der Waals surface area contributed by atoms with Crippen LogP contribution in [0, 0.1) is 12.8 Å². The molecule has 9 nitrogen and oxygen atoms in total. The number of rotatable bonds is 11. The summed E-state index contributed by atoms with van der Waals surface area (Å²) in [4.78, 5) is 40.4. The number of para-hydroxylation sites is 1. The molecule has 1 heterocycles. The van der Waals surface area contributed by atoms with Crippen LogP contribution in [0.15, 0.2) is 53.5 Å². The van der Waals surface area contributed by atoms with Crippen LogP contribution in [0.25, 0.3) is 0 Å². The van der Waals surface area contributed by atoms with Gasteiger partial charge in [-0.3, -0.25) is 9.59 Å². The van der Waals surface area contributed by atoms with E-state index in [9.17, 15) is 14.4 Å². The number of amides is 3. The van der Waals surface area contributed by atoms with Gasteiger partial charge < -0.3 is 25.8 Å². The molecule has 2 aromatic rings. The van der Waals surface area contributed by atoms with Gasteiger partial charge in [0.1, 0.15) is 12.6 Å². The predicted molar refractivity (Wildman–Crippen MR) is 139 cm³/mol. The molecule has 2 unspecified atom stereocenters. The molecule has 1 aliphatic rings. The maximum Gasteiger partial charge on any atom is 0.323 e. The number of carbonyl (C=O) groups is 3. The average molecular weight is 495 g/mol. The van der Waals surface area contributed by atoms with Crippen LogP contribution < -0.4 is 16.0 Å². The molecule has 0 bridgehead atoms. The van der Waals surface area contributed by atoms with E-state index < -0.39 is 5.97 Å². The van der Waals surface area contributed by atoms with Crippen molar-refractivity contribution in [2.24, 2.45) is 10.9 Å². The first kappa shape index (κ1) is 26.7. The number of anilines is 2. The van der Waals surface area contributed by atoms with Crippen LogP contribution in [0.2, 0.25) is 0 Å². The molecule has 2 aromatic carbocycles. The van der Waals surface area contributed by atoms with Gasteiger partial charge in [0.25, 0.3) is 0 Å². The molecule has 0 saturated carbocycles. The molecular formula is C27H34N4O5. The first-order valence-electron chi connectivity index (χ1n) is 12.1. The lowest BCUT2D eigenvalue weighted by Crippen LogP contribution is -2.42. The third-order valence-corrected chi connectivity index (χ3v) is 5.74. The molecule has 36 heavy (non-hydrogen) atoms. The Kier molecular flexibility index (Phi) is 9.44. The molecule has 3 amide bonds. The zero-order valence-corrected chi connectivity index (χ0v) is 20.9. The Bertz CT molecular complexity index is 1100. The zero-order valence-electron chi connectivity index (χ0n) is 20.9. The minimum atomic E-state index is -0.862. The fourth-order valence-electron chi connectivity index (χ4n) is 3.89. The molecule has 0 saturated heterocycles. The topological polar surface area (TPSA) is 129 Å². The van der Waals surface area contributed by atoms with Crippen LogP contribution >= 0.6 is 0 Å². The van der Waals surface area contributed by atoms with Gasteiger partial charge >= 0.3 is 12.0 Å². The second-order valence-electron chi connectivity index (χ2n) is 9.38. The average Bonchev–Trinajstić information content (AvgIpc) is 3.29. The van der Waals surface area contributed by atoms with Gasteiger partial charge in [-0.25, -0.2) is 9.79 Å². The number of urea groups is 1. The maximum atomic E-state index is 12.8.